The molecule has 0 aromatic carbocycles. The number of halogens is 1. The first-order chi connectivity index (χ1) is 14.6. The summed E-state index contributed by atoms with van der Waals surface area (Å²) in [6.07, 6.45) is 3.85. The summed E-state index contributed by atoms with van der Waals surface area (Å²) in [5.74, 6) is 0.205. The Hall–Kier alpha value is -2.94. The van der Waals surface area contributed by atoms with Gasteiger partial charge in [-0.2, -0.15) is 0 Å². The number of hydrogen-bond acceptors (Lipinski definition) is 6. The van der Waals surface area contributed by atoms with Gasteiger partial charge in [-0.05, 0) is 45.7 Å². The molecule has 2 aromatic heterocycles. The average molecular weight is 448 g/mol. The summed E-state index contributed by atoms with van der Waals surface area (Å²) in [6, 6.07) is 3.52. The lowest BCUT2D eigenvalue weighted by atomic mass is 9.93. The largest absolute Gasteiger partial charge is 0.444 e. The Morgan fingerprint density at radius 3 is 2.52 bits per heavy atom. The highest BCUT2D eigenvalue weighted by atomic mass is 35.5. The van der Waals surface area contributed by atoms with Crippen LogP contribution in [0.3, 0.4) is 0 Å². The van der Waals surface area contributed by atoms with E-state index in [2.05, 4.69) is 20.3 Å². The third-order valence-corrected chi connectivity index (χ3v) is 5.22. The lowest BCUT2D eigenvalue weighted by Crippen LogP contribution is -2.44. The second-order valence-electron chi connectivity index (χ2n) is 8.36. The van der Waals surface area contributed by atoms with Crippen molar-refractivity contribution in [3.8, 4) is 11.4 Å². The monoisotopic (exact) mass is 447 g/mol. The summed E-state index contributed by atoms with van der Waals surface area (Å²) in [6.45, 7) is 6.10. The van der Waals surface area contributed by atoms with Crippen molar-refractivity contribution in [3.05, 3.63) is 45.6 Å². The minimum Gasteiger partial charge on any atom is -0.444 e. The van der Waals surface area contributed by atoms with Crippen molar-refractivity contribution in [3.63, 3.8) is 0 Å². The van der Waals surface area contributed by atoms with Crippen LogP contribution < -0.4 is 10.9 Å². The van der Waals surface area contributed by atoms with E-state index < -0.39 is 17.3 Å². The number of aromatic nitrogens is 3. The molecular formula is C21H26ClN5O4. The van der Waals surface area contributed by atoms with Gasteiger partial charge in [0.1, 0.15) is 23.0 Å². The zero-order valence-corrected chi connectivity index (χ0v) is 18.5. The lowest BCUT2D eigenvalue weighted by Gasteiger charge is -2.32. The minimum absolute atomic E-state index is 0.0433. The number of likely N-dealkylation sites (tertiary alicyclic amines) is 1. The molecule has 0 aliphatic carbocycles. The maximum absolute atomic E-state index is 12.4. The highest BCUT2D eigenvalue weighted by Crippen LogP contribution is 2.31. The van der Waals surface area contributed by atoms with Crippen LogP contribution >= 0.6 is 11.6 Å². The van der Waals surface area contributed by atoms with E-state index in [1.54, 1.807) is 50.2 Å². The van der Waals surface area contributed by atoms with E-state index in [9.17, 15) is 14.4 Å². The smallest absolute Gasteiger partial charge is 0.408 e. The molecule has 2 amide bonds. The van der Waals surface area contributed by atoms with Gasteiger partial charge in [-0.3, -0.25) is 14.6 Å². The molecule has 10 heteroatoms. The number of ether oxygens (including phenoxy) is 1. The minimum atomic E-state index is -0.626. The van der Waals surface area contributed by atoms with Crippen LogP contribution in [0.25, 0.3) is 11.4 Å². The molecule has 0 unspecified atom stereocenters. The van der Waals surface area contributed by atoms with Crippen LogP contribution in [0.15, 0.2) is 29.3 Å². The van der Waals surface area contributed by atoms with Gasteiger partial charge in [-0.25, -0.2) is 9.78 Å². The maximum atomic E-state index is 12.4. The number of aromatic amines is 1. The third kappa shape index (κ3) is 6.04. The Morgan fingerprint density at radius 1 is 1.26 bits per heavy atom. The number of carbonyl (C=O) groups excluding carboxylic acids is 2. The van der Waals surface area contributed by atoms with Crippen LogP contribution in [0.4, 0.5) is 4.79 Å². The predicted octanol–water partition coefficient (Wildman–Crippen LogP) is 2.72. The number of hydrogen-bond donors (Lipinski definition) is 2. The summed E-state index contributed by atoms with van der Waals surface area (Å²) in [5, 5.41) is 2.56. The SMILES string of the molecule is CC(C)(C)OC(=O)NCC(=O)N1CCC(c2nc(-c3ccncc3)[nH]c(=O)c2Cl)CC1. The summed E-state index contributed by atoms with van der Waals surface area (Å²) in [4.78, 5) is 49.4. The normalized spacial score (nSPS) is 14.9. The zero-order chi connectivity index (χ0) is 22.6. The third-order valence-electron chi connectivity index (χ3n) is 4.86. The van der Waals surface area contributed by atoms with Gasteiger partial charge in [-0.1, -0.05) is 11.6 Å². The highest BCUT2D eigenvalue weighted by Gasteiger charge is 2.28. The van der Waals surface area contributed by atoms with Crippen LogP contribution in [0.5, 0.6) is 0 Å². The van der Waals surface area contributed by atoms with Gasteiger partial charge in [-0.15, -0.1) is 0 Å². The number of nitrogens with zero attached hydrogens (tertiary/aromatic N) is 3. The molecule has 3 rings (SSSR count). The van der Waals surface area contributed by atoms with Gasteiger partial charge in [0.05, 0.1) is 5.69 Å². The van der Waals surface area contributed by atoms with E-state index in [4.69, 9.17) is 16.3 Å². The van der Waals surface area contributed by atoms with Crippen molar-refractivity contribution in [2.24, 2.45) is 0 Å². The molecule has 1 fully saturated rings. The molecule has 0 saturated carbocycles. The summed E-state index contributed by atoms with van der Waals surface area (Å²) >= 11 is 6.26. The van der Waals surface area contributed by atoms with Crippen LogP contribution in [0.2, 0.25) is 5.02 Å². The fourth-order valence-corrected chi connectivity index (χ4v) is 3.61. The van der Waals surface area contributed by atoms with Crippen LogP contribution in [0.1, 0.15) is 45.2 Å². The summed E-state index contributed by atoms with van der Waals surface area (Å²) in [5.41, 5.74) is 0.265. The number of pyridine rings is 1. The van der Waals surface area contributed by atoms with Crippen molar-refractivity contribution in [1.29, 1.82) is 0 Å². The topological polar surface area (TPSA) is 117 Å². The summed E-state index contributed by atoms with van der Waals surface area (Å²) in [7, 11) is 0. The molecule has 0 bridgehead atoms. The van der Waals surface area contributed by atoms with Crippen molar-refractivity contribution >= 4 is 23.6 Å². The number of alkyl carbamates (subject to hydrolysis) is 1. The molecule has 3 heterocycles. The Bertz CT molecular complexity index is 995. The standard InChI is InChI=1S/C21H26ClN5O4/c1-21(2,3)31-20(30)24-12-15(28)27-10-6-13(7-11-27)17-16(22)19(29)26-18(25-17)14-4-8-23-9-5-14/h4-5,8-9,13H,6-7,10-12H2,1-3H3,(H,24,30)(H,25,26,29). The first-order valence-electron chi connectivity index (χ1n) is 10.1. The van der Waals surface area contributed by atoms with Crippen molar-refractivity contribution in [1.82, 2.24) is 25.2 Å². The first-order valence-corrected chi connectivity index (χ1v) is 10.5. The molecule has 9 nitrogen and oxygen atoms in total. The Morgan fingerprint density at radius 2 is 1.90 bits per heavy atom. The van der Waals surface area contributed by atoms with E-state index >= 15 is 0 Å². The van der Waals surface area contributed by atoms with Gasteiger partial charge < -0.3 is 19.9 Å². The zero-order valence-electron chi connectivity index (χ0n) is 17.8. The van der Waals surface area contributed by atoms with E-state index in [-0.39, 0.29) is 23.4 Å². The Balaban J connectivity index is 1.62. The predicted molar refractivity (Wildman–Crippen MR) is 116 cm³/mol. The van der Waals surface area contributed by atoms with Crippen molar-refractivity contribution in [2.75, 3.05) is 19.6 Å². The molecule has 1 aliphatic rings. The maximum Gasteiger partial charge on any atom is 0.408 e. The number of nitrogens with one attached hydrogen (secondary N) is 2. The molecule has 2 aromatic rings. The van der Waals surface area contributed by atoms with Crippen molar-refractivity contribution in [2.45, 2.75) is 45.1 Å². The van der Waals surface area contributed by atoms with E-state index in [0.717, 1.165) is 5.56 Å². The Kier molecular flexibility index (Phi) is 6.94. The van der Waals surface area contributed by atoms with Gasteiger partial charge in [0.2, 0.25) is 5.91 Å². The second-order valence-corrected chi connectivity index (χ2v) is 8.74. The molecule has 0 spiro atoms. The molecule has 0 radical (unpaired) electrons. The van der Waals surface area contributed by atoms with Crippen LogP contribution in [-0.2, 0) is 9.53 Å². The van der Waals surface area contributed by atoms with Gasteiger partial charge >= 0.3 is 6.09 Å². The highest BCUT2D eigenvalue weighted by molar-refractivity contribution is 6.31. The number of amides is 2. The van der Waals surface area contributed by atoms with Gasteiger partial charge in [0.25, 0.3) is 5.56 Å². The molecule has 166 valence electrons. The van der Waals surface area contributed by atoms with Crippen LogP contribution in [0, 0.1) is 0 Å². The van der Waals surface area contributed by atoms with E-state index in [0.29, 0.717) is 37.4 Å². The molecular weight excluding hydrogens is 422 g/mol. The molecule has 1 saturated heterocycles. The van der Waals surface area contributed by atoms with Crippen molar-refractivity contribution < 1.29 is 14.3 Å². The number of rotatable bonds is 4. The quantitative estimate of drug-likeness (QED) is 0.744. The molecule has 2 N–H and O–H groups in total. The fraction of sp³-hybridized carbons (Fsp3) is 0.476. The average Bonchev–Trinajstić information content (AvgIpc) is 2.73. The molecule has 31 heavy (non-hydrogen) atoms. The molecule has 1 aliphatic heterocycles. The second kappa shape index (κ2) is 9.47. The van der Waals surface area contributed by atoms with E-state index in [1.807, 2.05) is 0 Å². The Labute approximate surface area is 185 Å². The fourth-order valence-electron chi connectivity index (χ4n) is 3.37. The molecule has 0 atom stereocenters. The number of carbonyl (C=O) groups is 2. The van der Waals surface area contributed by atoms with E-state index in [1.165, 1.54) is 0 Å². The van der Waals surface area contributed by atoms with Gasteiger partial charge in [0.15, 0.2) is 0 Å². The first kappa shape index (κ1) is 22.7. The lowest BCUT2D eigenvalue weighted by molar-refractivity contribution is -0.131. The number of H-pyrrole nitrogens is 1. The number of piperidine rings is 1. The van der Waals surface area contributed by atoms with Crippen LogP contribution in [-0.4, -0.2) is 57.1 Å². The summed E-state index contributed by atoms with van der Waals surface area (Å²) < 4.78 is 5.14. The van der Waals surface area contributed by atoms with Gasteiger partial charge in [0, 0.05) is 37.0 Å².